The lowest BCUT2D eigenvalue weighted by Crippen LogP contribution is -2.30. The normalized spacial score (nSPS) is 16.4. The lowest BCUT2D eigenvalue weighted by atomic mass is 9.97. The summed E-state index contributed by atoms with van der Waals surface area (Å²) in [5, 5.41) is 20.1. The molecule has 0 spiro atoms. The lowest BCUT2D eigenvalue weighted by Gasteiger charge is -2.18. The average Bonchev–Trinajstić information content (AvgIpc) is 3.12. The van der Waals surface area contributed by atoms with E-state index >= 15 is 0 Å². The monoisotopic (exact) mass is 416 g/mol. The Bertz CT molecular complexity index is 969. The van der Waals surface area contributed by atoms with Gasteiger partial charge < -0.3 is 9.84 Å². The number of aromatic hydroxyl groups is 1. The second-order valence-corrected chi connectivity index (χ2v) is 7.02. The maximum atomic E-state index is 13.0. The molecule has 1 aromatic heterocycles. The molecule has 26 heavy (non-hydrogen) atoms. The molecule has 7 heteroatoms. The van der Waals surface area contributed by atoms with Crippen molar-refractivity contribution in [2.75, 3.05) is 6.61 Å². The van der Waals surface area contributed by atoms with Gasteiger partial charge in [-0.25, -0.2) is 0 Å². The summed E-state index contributed by atoms with van der Waals surface area (Å²) in [5.74, 6) is -0.882. The zero-order valence-electron chi connectivity index (χ0n) is 14.2. The molecule has 1 unspecified atom stereocenters. The number of ether oxygens (including phenoxy) is 1. The van der Waals surface area contributed by atoms with Crippen LogP contribution in [-0.4, -0.2) is 28.2 Å². The van der Waals surface area contributed by atoms with E-state index in [4.69, 9.17) is 4.74 Å². The molecule has 1 fully saturated rings. The number of aromatic nitrogens is 1. The number of nitrogens with zero attached hydrogens (tertiary/aromatic N) is 2. The Hall–Kier alpha value is -2.43. The first-order chi connectivity index (χ1) is 12.5. The minimum absolute atomic E-state index is 0.0361. The summed E-state index contributed by atoms with van der Waals surface area (Å²) in [4.78, 5) is 25.6. The quantitative estimate of drug-likeness (QED) is 0.773. The number of rotatable bonds is 4. The Labute approximate surface area is 158 Å². The van der Waals surface area contributed by atoms with Crippen molar-refractivity contribution in [1.82, 2.24) is 4.57 Å². The van der Waals surface area contributed by atoms with E-state index in [-0.39, 0.29) is 29.3 Å². The van der Waals surface area contributed by atoms with Crippen molar-refractivity contribution in [2.24, 2.45) is 0 Å². The summed E-state index contributed by atoms with van der Waals surface area (Å²) in [6, 6.07) is 8.68. The van der Waals surface area contributed by atoms with Gasteiger partial charge in [-0.15, -0.1) is 0 Å². The van der Waals surface area contributed by atoms with Gasteiger partial charge in [-0.3, -0.25) is 14.2 Å². The van der Waals surface area contributed by atoms with Gasteiger partial charge >= 0.3 is 0 Å². The number of halogens is 1. The van der Waals surface area contributed by atoms with Crippen molar-refractivity contribution in [3.63, 3.8) is 0 Å². The van der Waals surface area contributed by atoms with Crippen LogP contribution < -0.4 is 5.56 Å². The molecule has 0 saturated carbocycles. The molecule has 0 bridgehead atoms. The van der Waals surface area contributed by atoms with Crippen LogP contribution in [0.4, 0.5) is 0 Å². The zero-order chi connectivity index (χ0) is 18.8. The van der Waals surface area contributed by atoms with Crippen molar-refractivity contribution < 1.29 is 14.6 Å². The van der Waals surface area contributed by atoms with Crippen molar-refractivity contribution in [1.29, 1.82) is 5.26 Å². The highest BCUT2D eigenvalue weighted by atomic mass is 79.9. The number of ketones is 1. The molecule has 0 amide bonds. The Balaban J connectivity index is 2.18. The van der Waals surface area contributed by atoms with Crippen LogP contribution in [0.5, 0.6) is 5.88 Å². The summed E-state index contributed by atoms with van der Waals surface area (Å²) in [6.45, 7) is 2.20. The molecule has 134 valence electrons. The highest BCUT2D eigenvalue weighted by Gasteiger charge is 2.27. The van der Waals surface area contributed by atoms with Gasteiger partial charge in [-0.1, -0.05) is 28.1 Å². The Morgan fingerprint density at radius 2 is 2.19 bits per heavy atom. The molecule has 1 saturated heterocycles. The maximum Gasteiger partial charge on any atom is 0.271 e. The van der Waals surface area contributed by atoms with Crippen molar-refractivity contribution >= 4 is 21.7 Å². The summed E-state index contributed by atoms with van der Waals surface area (Å²) in [7, 11) is 0. The predicted octanol–water partition coefficient (Wildman–Crippen LogP) is 2.91. The molecule has 2 aromatic rings. The van der Waals surface area contributed by atoms with E-state index in [1.165, 1.54) is 6.92 Å². The van der Waals surface area contributed by atoms with Crippen molar-refractivity contribution in [3.8, 4) is 11.9 Å². The van der Waals surface area contributed by atoms with Crippen LogP contribution in [0.3, 0.4) is 0 Å². The number of nitriles is 1. The molecule has 3 rings (SSSR count). The third kappa shape index (κ3) is 3.18. The fraction of sp³-hybridized carbons (Fsp3) is 0.316. The zero-order valence-corrected chi connectivity index (χ0v) is 15.7. The summed E-state index contributed by atoms with van der Waals surface area (Å²) in [6.07, 6.45) is 1.41. The highest BCUT2D eigenvalue weighted by Crippen LogP contribution is 2.28. The van der Waals surface area contributed by atoms with Crippen LogP contribution in [-0.2, 0) is 11.3 Å². The molecule has 2 heterocycles. The average molecular weight is 417 g/mol. The van der Waals surface area contributed by atoms with Crippen LogP contribution in [0.1, 0.15) is 39.9 Å². The smallest absolute Gasteiger partial charge is 0.271 e. The van der Waals surface area contributed by atoms with Gasteiger partial charge in [0.1, 0.15) is 11.6 Å². The van der Waals surface area contributed by atoms with Gasteiger partial charge in [0.05, 0.1) is 18.2 Å². The Kier molecular flexibility index (Phi) is 5.25. The van der Waals surface area contributed by atoms with Gasteiger partial charge in [-0.05, 0) is 37.5 Å². The molecule has 1 N–H and O–H groups in total. The van der Waals surface area contributed by atoms with E-state index in [0.29, 0.717) is 16.6 Å². The first kappa shape index (κ1) is 18.4. The number of hydrogen-bond donors (Lipinski definition) is 1. The van der Waals surface area contributed by atoms with Gasteiger partial charge in [-0.2, -0.15) is 5.26 Å². The number of carbonyl (C=O) groups is 1. The second kappa shape index (κ2) is 7.44. The van der Waals surface area contributed by atoms with E-state index < -0.39 is 17.2 Å². The molecule has 1 aliphatic rings. The largest absolute Gasteiger partial charge is 0.494 e. The van der Waals surface area contributed by atoms with Crippen LogP contribution in [0, 0.1) is 18.3 Å². The van der Waals surface area contributed by atoms with Gasteiger partial charge in [0.25, 0.3) is 5.56 Å². The van der Waals surface area contributed by atoms with Crippen LogP contribution >= 0.6 is 15.9 Å². The number of benzene rings is 1. The molecular weight excluding hydrogens is 400 g/mol. The maximum absolute atomic E-state index is 13.0. The van der Waals surface area contributed by atoms with Crippen molar-refractivity contribution in [3.05, 3.63) is 61.3 Å². The first-order valence-corrected chi connectivity index (χ1v) is 9.02. The highest BCUT2D eigenvalue weighted by molar-refractivity contribution is 9.10. The van der Waals surface area contributed by atoms with Gasteiger partial charge in [0.15, 0.2) is 5.78 Å². The van der Waals surface area contributed by atoms with E-state index in [1.807, 2.05) is 6.07 Å². The minimum atomic E-state index is -0.610. The van der Waals surface area contributed by atoms with Gasteiger partial charge in [0, 0.05) is 16.6 Å². The standard InChI is InChI=1S/C19H17BrN2O4/c1-11-14(9-21)18(24)22(10-12-5-4-8-26-12)19(25)16(11)17(23)13-6-2-3-7-15(13)20/h2-3,6-7,12,25H,4-5,8,10H2,1H3. The molecule has 0 radical (unpaired) electrons. The second-order valence-electron chi connectivity index (χ2n) is 6.17. The third-order valence-electron chi connectivity index (χ3n) is 4.56. The van der Waals surface area contributed by atoms with E-state index in [2.05, 4.69) is 15.9 Å². The SMILES string of the molecule is Cc1c(C(=O)c2ccccc2Br)c(O)n(CC2CCCO2)c(=O)c1C#N. The predicted molar refractivity (Wildman–Crippen MR) is 98.4 cm³/mol. The molecule has 1 aliphatic heterocycles. The fourth-order valence-corrected chi connectivity index (χ4v) is 3.63. The van der Waals surface area contributed by atoms with Gasteiger partial charge in [0.2, 0.25) is 5.88 Å². The van der Waals surface area contributed by atoms with E-state index in [9.17, 15) is 20.0 Å². The van der Waals surface area contributed by atoms with Crippen LogP contribution in [0.25, 0.3) is 0 Å². The molecule has 1 aromatic carbocycles. The summed E-state index contributed by atoms with van der Waals surface area (Å²) >= 11 is 3.33. The Morgan fingerprint density at radius 3 is 2.81 bits per heavy atom. The Morgan fingerprint density at radius 1 is 1.46 bits per heavy atom. The molecule has 6 nitrogen and oxygen atoms in total. The summed E-state index contributed by atoms with van der Waals surface area (Å²) < 4.78 is 7.17. The van der Waals surface area contributed by atoms with Crippen LogP contribution in [0.2, 0.25) is 0 Å². The third-order valence-corrected chi connectivity index (χ3v) is 5.25. The lowest BCUT2D eigenvalue weighted by molar-refractivity contribution is 0.0929. The molecule has 1 atom stereocenters. The number of hydrogen-bond acceptors (Lipinski definition) is 5. The van der Waals surface area contributed by atoms with E-state index in [1.54, 1.807) is 24.3 Å². The number of pyridine rings is 1. The minimum Gasteiger partial charge on any atom is -0.494 e. The first-order valence-electron chi connectivity index (χ1n) is 8.23. The fourth-order valence-electron chi connectivity index (χ4n) is 3.16. The van der Waals surface area contributed by atoms with Crippen molar-refractivity contribution in [2.45, 2.75) is 32.4 Å². The van der Waals surface area contributed by atoms with E-state index in [0.717, 1.165) is 17.4 Å². The topological polar surface area (TPSA) is 92.3 Å². The molecular formula is C19H17BrN2O4. The van der Waals surface area contributed by atoms with Crippen LogP contribution in [0.15, 0.2) is 33.5 Å². The number of carbonyl (C=O) groups excluding carboxylic acids is 1. The molecule has 0 aliphatic carbocycles. The summed E-state index contributed by atoms with van der Waals surface area (Å²) in [5.41, 5.74) is -0.264.